The summed E-state index contributed by atoms with van der Waals surface area (Å²) in [4.78, 5) is 19.0. The van der Waals surface area contributed by atoms with E-state index in [1.54, 1.807) is 0 Å². The largest absolute Gasteiger partial charge is 0.370 e. The molecule has 5 rings (SSSR count). The predicted octanol–water partition coefficient (Wildman–Crippen LogP) is 4.77. The molecule has 0 aromatic carbocycles. The highest BCUT2D eigenvalue weighted by molar-refractivity contribution is 5.71. The molecule has 2 aromatic rings. The molecule has 29 heavy (non-hydrogen) atoms. The minimum absolute atomic E-state index is 0.601. The lowest BCUT2D eigenvalue weighted by atomic mass is 10.0. The van der Waals surface area contributed by atoms with Gasteiger partial charge in [-0.15, -0.1) is 0 Å². The van der Waals surface area contributed by atoms with Crippen LogP contribution in [-0.2, 0) is 0 Å². The molecule has 1 saturated carbocycles. The molecule has 0 bridgehead atoms. The van der Waals surface area contributed by atoms with Crippen LogP contribution in [-0.4, -0.2) is 40.6 Å². The van der Waals surface area contributed by atoms with Crippen molar-refractivity contribution < 1.29 is 0 Å². The van der Waals surface area contributed by atoms with E-state index in [9.17, 15) is 0 Å². The fourth-order valence-corrected chi connectivity index (χ4v) is 4.80. The maximum absolute atomic E-state index is 4.91. The van der Waals surface area contributed by atoms with Crippen molar-refractivity contribution >= 4 is 29.3 Å². The van der Waals surface area contributed by atoms with Gasteiger partial charge in [-0.1, -0.05) is 25.3 Å². The van der Waals surface area contributed by atoms with Gasteiger partial charge in [-0.2, -0.15) is 4.98 Å². The summed E-state index contributed by atoms with van der Waals surface area (Å²) >= 11 is 0. The minimum Gasteiger partial charge on any atom is -0.370 e. The number of fused-ring (bicyclic) bond motifs is 1. The number of pyridine rings is 1. The quantitative estimate of drug-likeness (QED) is 0.793. The van der Waals surface area contributed by atoms with E-state index in [0.29, 0.717) is 12.0 Å². The summed E-state index contributed by atoms with van der Waals surface area (Å²) in [5.41, 5.74) is 3.81. The number of anilines is 4. The van der Waals surface area contributed by atoms with Crippen LogP contribution in [0.4, 0.5) is 23.3 Å². The first kappa shape index (κ1) is 18.4. The summed E-state index contributed by atoms with van der Waals surface area (Å²) in [6, 6.07) is 4.77. The van der Waals surface area contributed by atoms with Crippen LogP contribution in [0.1, 0.15) is 57.4 Å². The Hall–Kier alpha value is -2.63. The minimum atomic E-state index is 0.601. The number of aromatic nitrogens is 3. The van der Waals surface area contributed by atoms with Gasteiger partial charge in [0.2, 0.25) is 5.95 Å². The fourth-order valence-electron chi connectivity index (χ4n) is 4.80. The molecule has 6 heteroatoms. The molecule has 1 aliphatic carbocycles. The van der Waals surface area contributed by atoms with Gasteiger partial charge in [0.05, 0.1) is 11.9 Å². The van der Waals surface area contributed by atoms with Gasteiger partial charge in [-0.3, -0.25) is 0 Å². The second-order valence-corrected chi connectivity index (χ2v) is 8.42. The Bertz CT molecular complexity index is 879. The van der Waals surface area contributed by atoms with Gasteiger partial charge in [0.15, 0.2) is 0 Å². The van der Waals surface area contributed by atoms with Crippen LogP contribution >= 0.6 is 0 Å². The maximum Gasteiger partial charge on any atom is 0.230 e. The fraction of sp³-hybridized carbons (Fsp3) is 0.522. The topological polar surface area (TPSA) is 57.2 Å². The number of nitrogens with one attached hydrogen (secondary N) is 1. The smallest absolute Gasteiger partial charge is 0.230 e. The standard InChI is InChI=1S/C23H30N6/c1-2-17-13-18-14-25-23(27-22(18)29(16-17)19-7-3-4-8-19)26-21-10-9-20(15-24-21)28-11-5-6-12-28/h9-10,13-15,19H,2-8,11-12,16H2,1H3,(H,24,25,26,27). The lowest BCUT2D eigenvalue weighted by Crippen LogP contribution is -2.38. The molecule has 1 N–H and O–H groups in total. The number of rotatable bonds is 5. The van der Waals surface area contributed by atoms with E-state index in [1.165, 1.54) is 49.8 Å². The second kappa shape index (κ2) is 8.01. The van der Waals surface area contributed by atoms with E-state index in [-0.39, 0.29) is 0 Å². The summed E-state index contributed by atoms with van der Waals surface area (Å²) in [6.07, 6.45) is 15.0. The van der Waals surface area contributed by atoms with Gasteiger partial charge in [0.1, 0.15) is 11.6 Å². The average Bonchev–Trinajstić information content (AvgIpc) is 3.48. The molecule has 4 heterocycles. The van der Waals surface area contributed by atoms with Crippen LogP contribution in [0.25, 0.3) is 6.08 Å². The Morgan fingerprint density at radius 1 is 1.03 bits per heavy atom. The van der Waals surface area contributed by atoms with Crippen molar-refractivity contribution in [3.63, 3.8) is 0 Å². The zero-order valence-corrected chi connectivity index (χ0v) is 17.3. The highest BCUT2D eigenvalue weighted by Crippen LogP contribution is 2.35. The molecule has 0 amide bonds. The van der Waals surface area contributed by atoms with Crippen molar-refractivity contribution in [3.05, 3.63) is 35.7 Å². The Kier molecular flexibility index (Phi) is 5.08. The van der Waals surface area contributed by atoms with E-state index >= 15 is 0 Å². The second-order valence-electron chi connectivity index (χ2n) is 8.42. The van der Waals surface area contributed by atoms with Crippen LogP contribution in [0.2, 0.25) is 0 Å². The first-order valence-electron chi connectivity index (χ1n) is 11.1. The predicted molar refractivity (Wildman–Crippen MR) is 119 cm³/mol. The van der Waals surface area contributed by atoms with E-state index in [0.717, 1.165) is 43.3 Å². The molecule has 152 valence electrons. The van der Waals surface area contributed by atoms with Crippen LogP contribution in [0.3, 0.4) is 0 Å². The number of hydrogen-bond donors (Lipinski definition) is 1. The van der Waals surface area contributed by atoms with Crippen LogP contribution in [0, 0.1) is 0 Å². The third-order valence-electron chi connectivity index (χ3n) is 6.48. The zero-order chi connectivity index (χ0) is 19.6. The molecule has 0 unspecified atom stereocenters. The molecule has 0 atom stereocenters. The number of hydrogen-bond acceptors (Lipinski definition) is 6. The molecular formula is C23H30N6. The van der Waals surface area contributed by atoms with Gasteiger partial charge >= 0.3 is 0 Å². The molecule has 0 radical (unpaired) electrons. The summed E-state index contributed by atoms with van der Waals surface area (Å²) < 4.78 is 0. The van der Waals surface area contributed by atoms with Crippen molar-refractivity contribution in [3.8, 4) is 0 Å². The van der Waals surface area contributed by atoms with Crippen LogP contribution < -0.4 is 15.1 Å². The van der Waals surface area contributed by atoms with Gasteiger partial charge in [0.25, 0.3) is 0 Å². The Morgan fingerprint density at radius 2 is 1.86 bits per heavy atom. The lowest BCUT2D eigenvalue weighted by Gasteiger charge is -2.35. The van der Waals surface area contributed by atoms with E-state index in [2.05, 4.69) is 44.2 Å². The van der Waals surface area contributed by atoms with Crippen LogP contribution in [0.15, 0.2) is 30.1 Å². The Balaban J connectivity index is 1.37. The molecule has 1 saturated heterocycles. The lowest BCUT2D eigenvalue weighted by molar-refractivity contribution is 0.611. The van der Waals surface area contributed by atoms with Crippen molar-refractivity contribution in [2.45, 2.75) is 57.9 Å². The summed E-state index contributed by atoms with van der Waals surface area (Å²) in [5, 5.41) is 3.31. The van der Waals surface area contributed by atoms with Crippen molar-refractivity contribution in [2.24, 2.45) is 0 Å². The number of nitrogens with zero attached hydrogens (tertiary/aromatic N) is 5. The van der Waals surface area contributed by atoms with Crippen molar-refractivity contribution in [2.75, 3.05) is 34.8 Å². The molecule has 6 nitrogen and oxygen atoms in total. The highest BCUT2D eigenvalue weighted by Gasteiger charge is 2.28. The van der Waals surface area contributed by atoms with Gasteiger partial charge in [-0.05, 0) is 50.3 Å². The first-order chi connectivity index (χ1) is 14.3. The molecule has 2 aromatic heterocycles. The molecule has 2 fully saturated rings. The van der Waals surface area contributed by atoms with Crippen molar-refractivity contribution in [1.29, 1.82) is 0 Å². The monoisotopic (exact) mass is 390 g/mol. The average molecular weight is 391 g/mol. The van der Waals surface area contributed by atoms with Crippen LogP contribution in [0.5, 0.6) is 0 Å². The van der Waals surface area contributed by atoms with E-state index < -0.39 is 0 Å². The van der Waals surface area contributed by atoms with Gasteiger partial charge < -0.3 is 15.1 Å². The zero-order valence-electron chi connectivity index (χ0n) is 17.3. The molecular weight excluding hydrogens is 360 g/mol. The summed E-state index contributed by atoms with van der Waals surface area (Å²) in [7, 11) is 0. The Labute approximate surface area is 173 Å². The SMILES string of the molecule is CCC1=Cc2cnc(Nc3ccc(N4CCCC4)cn3)nc2N(C2CCCC2)C1. The van der Waals surface area contributed by atoms with Crippen molar-refractivity contribution in [1.82, 2.24) is 15.0 Å². The first-order valence-corrected chi connectivity index (χ1v) is 11.1. The normalized spacial score (nSPS) is 19.4. The van der Waals surface area contributed by atoms with Gasteiger partial charge in [-0.25, -0.2) is 9.97 Å². The highest BCUT2D eigenvalue weighted by atomic mass is 15.3. The van der Waals surface area contributed by atoms with Gasteiger partial charge in [0, 0.05) is 37.4 Å². The van der Waals surface area contributed by atoms with E-state index in [4.69, 9.17) is 4.98 Å². The maximum atomic E-state index is 4.91. The van der Waals surface area contributed by atoms with E-state index in [1.807, 2.05) is 18.5 Å². The molecule has 3 aliphatic rings. The molecule has 0 spiro atoms. The Morgan fingerprint density at radius 3 is 2.59 bits per heavy atom. The third-order valence-corrected chi connectivity index (χ3v) is 6.48. The molecule has 2 aliphatic heterocycles. The third kappa shape index (κ3) is 3.80. The summed E-state index contributed by atoms with van der Waals surface area (Å²) in [5.74, 6) is 2.49. The summed E-state index contributed by atoms with van der Waals surface area (Å²) in [6.45, 7) is 5.49.